The molecule has 0 aromatic heterocycles. The Balaban J connectivity index is 1.43. The third-order valence-electron chi connectivity index (χ3n) is 7.65. The number of halogens is 1. The van der Waals surface area contributed by atoms with E-state index in [4.69, 9.17) is 4.74 Å². The average Bonchev–Trinajstić information content (AvgIpc) is 2.93. The Bertz CT molecular complexity index is 1490. The Hall–Kier alpha value is -3.37. The lowest BCUT2D eigenvalue weighted by molar-refractivity contribution is -0.116. The lowest BCUT2D eigenvalue weighted by Gasteiger charge is -2.37. The van der Waals surface area contributed by atoms with Crippen molar-refractivity contribution in [3.63, 3.8) is 0 Å². The Morgan fingerprint density at radius 2 is 1.65 bits per heavy atom. The predicted molar refractivity (Wildman–Crippen MR) is 155 cm³/mol. The molecule has 1 heterocycles. The molecule has 2 aliphatic rings. The van der Waals surface area contributed by atoms with Crippen molar-refractivity contribution >= 4 is 43.7 Å². The highest BCUT2D eigenvalue weighted by Gasteiger charge is 2.38. The number of anilines is 1. The van der Waals surface area contributed by atoms with Crippen LogP contribution in [0.1, 0.15) is 61.3 Å². The van der Waals surface area contributed by atoms with Crippen LogP contribution in [0.2, 0.25) is 0 Å². The lowest BCUT2D eigenvalue weighted by atomic mass is 9.71. The van der Waals surface area contributed by atoms with Gasteiger partial charge in [-0.3, -0.25) is 4.79 Å². The van der Waals surface area contributed by atoms with Gasteiger partial charge in [-0.1, -0.05) is 83.9 Å². The first-order chi connectivity index (χ1) is 18.1. The second kappa shape index (κ2) is 10.2. The number of Topliss-reactive ketones (excluding diaryl/α,β-unsaturated/α-hetero) is 1. The summed E-state index contributed by atoms with van der Waals surface area (Å²) in [5.74, 6) is 1.27. The number of ketones is 1. The van der Waals surface area contributed by atoms with Gasteiger partial charge in [0, 0.05) is 27.7 Å². The highest BCUT2D eigenvalue weighted by Crippen LogP contribution is 2.51. The molecule has 0 spiro atoms. The number of hydrogen-bond acceptors (Lipinski definition) is 3. The molecule has 0 amide bonds. The standard InChI is InChI=1S/C33H30BrNO2/c1-2-3-18-37-26-15-10-21(11-16-26)24-19-28-31-27-7-5-4-6-22(27)12-17-29(31)35-33(32(28)30(36)20-24)23-8-13-25(34)14-9-23/h4-17,24,33,35H,2-3,18-20H2,1H3/t24-,33-/m0/s1. The Morgan fingerprint density at radius 3 is 2.43 bits per heavy atom. The zero-order chi connectivity index (χ0) is 25.4. The highest BCUT2D eigenvalue weighted by atomic mass is 79.9. The molecule has 0 saturated carbocycles. The summed E-state index contributed by atoms with van der Waals surface area (Å²) in [7, 11) is 0. The van der Waals surface area contributed by atoms with Gasteiger partial charge in [-0.2, -0.15) is 0 Å². The molecular formula is C33H30BrNO2. The van der Waals surface area contributed by atoms with E-state index in [0.29, 0.717) is 6.42 Å². The molecule has 37 heavy (non-hydrogen) atoms. The van der Waals surface area contributed by atoms with E-state index in [9.17, 15) is 4.79 Å². The number of carbonyl (C=O) groups excluding carboxylic acids is 1. The normalized spacial score (nSPS) is 18.8. The summed E-state index contributed by atoms with van der Waals surface area (Å²) in [6, 6.07) is 29.4. The molecule has 1 aliphatic carbocycles. The van der Waals surface area contributed by atoms with Gasteiger partial charge in [-0.05, 0) is 76.6 Å². The van der Waals surface area contributed by atoms with Crippen molar-refractivity contribution in [2.24, 2.45) is 0 Å². The summed E-state index contributed by atoms with van der Waals surface area (Å²) in [6.07, 6.45) is 3.53. The van der Waals surface area contributed by atoms with Gasteiger partial charge >= 0.3 is 0 Å². The fourth-order valence-electron chi connectivity index (χ4n) is 5.76. The topological polar surface area (TPSA) is 38.3 Å². The zero-order valence-electron chi connectivity index (χ0n) is 21.0. The monoisotopic (exact) mass is 551 g/mol. The molecule has 186 valence electrons. The quantitative estimate of drug-likeness (QED) is 0.243. The molecular weight excluding hydrogens is 522 g/mol. The first kappa shape index (κ1) is 24.0. The average molecular weight is 553 g/mol. The van der Waals surface area contributed by atoms with E-state index in [1.807, 2.05) is 12.1 Å². The van der Waals surface area contributed by atoms with Gasteiger partial charge in [0.05, 0.1) is 12.6 Å². The SMILES string of the molecule is CCCCOc1ccc([C@@H]2CC(=O)C3=C(C2)c2c(ccc4ccccc24)N[C@H]3c2ccc(Br)cc2)cc1. The van der Waals surface area contributed by atoms with E-state index in [1.54, 1.807) is 0 Å². The number of allylic oxidation sites excluding steroid dienone is 1. The molecule has 1 aliphatic heterocycles. The molecule has 0 unspecified atom stereocenters. The summed E-state index contributed by atoms with van der Waals surface area (Å²) in [6.45, 7) is 2.90. The molecule has 2 atom stereocenters. The maximum absolute atomic E-state index is 13.9. The molecule has 4 heteroatoms. The highest BCUT2D eigenvalue weighted by molar-refractivity contribution is 9.10. The van der Waals surface area contributed by atoms with Crippen LogP contribution in [0, 0.1) is 0 Å². The van der Waals surface area contributed by atoms with Crippen molar-refractivity contribution in [3.05, 3.63) is 112 Å². The maximum atomic E-state index is 13.9. The summed E-state index contributed by atoms with van der Waals surface area (Å²) in [4.78, 5) is 13.9. The van der Waals surface area contributed by atoms with E-state index in [1.165, 1.54) is 27.5 Å². The van der Waals surface area contributed by atoms with Crippen LogP contribution in [0.5, 0.6) is 5.75 Å². The molecule has 0 bridgehead atoms. The van der Waals surface area contributed by atoms with Gasteiger partial charge in [0.25, 0.3) is 0 Å². The van der Waals surface area contributed by atoms with E-state index in [2.05, 4.69) is 101 Å². The van der Waals surface area contributed by atoms with Crippen LogP contribution in [0.15, 0.2) is 95.0 Å². The number of hydrogen-bond donors (Lipinski definition) is 1. The number of nitrogens with one attached hydrogen (secondary N) is 1. The predicted octanol–water partition coefficient (Wildman–Crippen LogP) is 8.85. The van der Waals surface area contributed by atoms with E-state index >= 15 is 0 Å². The van der Waals surface area contributed by atoms with Gasteiger partial charge < -0.3 is 10.1 Å². The first-order valence-corrected chi connectivity index (χ1v) is 13.9. The Kier molecular flexibility index (Phi) is 6.60. The number of unbranched alkanes of at least 4 members (excludes halogenated alkanes) is 1. The van der Waals surface area contributed by atoms with Crippen molar-refractivity contribution in [2.75, 3.05) is 11.9 Å². The van der Waals surface area contributed by atoms with Crippen LogP contribution in [-0.4, -0.2) is 12.4 Å². The van der Waals surface area contributed by atoms with E-state index < -0.39 is 0 Å². The zero-order valence-corrected chi connectivity index (χ0v) is 22.6. The molecule has 6 rings (SSSR count). The van der Waals surface area contributed by atoms with E-state index in [-0.39, 0.29) is 17.7 Å². The summed E-state index contributed by atoms with van der Waals surface area (Å²) < 4.78 is 6.91. The van der Waals surface area contributed by atoms with Crippen LogP contribution >= 0.6 is 15.9 Å². The second-order valence-corrected chi connectivity index (χ2v) is 10.9. The van der Waals surface area contributed by atoms with Crippen LogP contribution < -0.4 is 10.1 Å². The largest absolute Gasteiger partial charge is 0.494 e. The van der Waals surface area contributed by atoms with Crippen molar-refractivity contribution in [1.29, 1.82) is 0 Å². The third kappa shape index (κ3) is 4.59. The number of rotatable bonds is 6. The first-order valence-electron chi connectivity index (χ1n) is 13.2. The fourth-order valence-corrected chi connectivity index (χ4v) is 6.02. The molecule has 3 nitrogen and oxygen atoms in total. The summed E-state index contributed by atoms with van der Waals surface area (Å²) >= 11 is 3.55. The van der Waals surface area contributed by atoms with Gasteiger partial charge in [-0.25, -0.2) is 0 Å². The van der Waals surface area contributed by atoms with Gasteiger partial charge in [0.15, 0.2) is 5.78 Å². The van der Waals surface area contributed by atoms with Gasteiger partial charge in [0.2, 0.25) is 0 Å². The minimum Gasteiger partial charge on any atom is -0.494 e. The minimum absolute atomic E-state index is 0.145. The maximum Gasteiger partial charge on any atom is 0.162 e. The molecule has 0 radical (unpaired) electrons. The number of benzene rings is 4. The van der Waals surface area contributed by atoms with Crippen LogP contribution in [-0.2, 0) is 4.79 Å². The van der Waals surface area contributed by atoms with Crippen molar-refractivity contribution < 1.29 is 9.53 Å². The van der Waals surface area contributed by atoms with Crippen molar-refractivity contribution in [2.45, 2.75) is 44.6 Å². The van der Waals surface area contributed by atoms with Crippen LogP contribution in [0.4, 0.5) is 5.69 Å². The fraction of sp³-hybridized carbons (Fsp3) is 0.242. The third-order valence-corrected chi connectivity index (χ3v) is 8.18. The van der Waals surface area contributed by atoms with Crippen LogP contribution in [0.25, 0.3) is 16.3 Å². The lowest BCUT2D eigenvalue weighted by Crippen LogP contribution is -2.29. The van der Waals surface area contributed by atoms with Crippen LogP contribution in [0.3, 0.4) is 0 Å². The Labute approximate surface area is 226 Å². The smallest absolute Gasteiger partial charge is 0.162 e. The second-order valence-electron chi connectivity index (χ2n) is 10.0. The Morgan fingerprint density at radius 1 is 0.892 bits per heavy atom. The molecule has 1 N–H and O–H groups in total. The van der Waals surface area contributed by atoms with Gasteiger partial charge in [0.1, 0.15) is 5.75 Å². The van der Waals surface area contributed by atoms with E-state index in [0.717, 1.165) is 52.9 Å². The number of carbonyl (C=O) groups is 1. The summed E-state index contributed by atoms with van der Waals surface area (Å²) in [5.41, 5.74) is 6.68. The van der Waals surface area contributed by atoms with Gasteiger partial charge in [-0.15, -0.1) is 0 Å². The molecule has 4 aromatic rings. The van der Waals surface area contributed by atoms with Crippen molar-refractivity contribution in [3.8, 4) is 5.75 Å². The minimum atomic E-state index is -0.153. The molecule has 0 fully saturated rings. The number of ether oxygens (including phenoxy) is 1. The molecule has 4 aromatic carbocycles. The number of fused-ring (bicyclic) bond motifs is 4. The van der Waals surface area contributed by atoms with Crippen molar-refractivity contribution in [1.82, 2.24) is 0 Å². The molecule has 0 saturated heterocycles. The summed E-state index contributed by atoms with van der Waals surface area (Å²) in [5, 5.41) is 6.12.